The van der Waals surface area contributed by atoms with E-state index in [-0.39, 0.29) is 31.3 Å². The molecular formula is C72H135N2O7P. The molecule has 480 valence electrons. The number of hydrogen-bond acceptors (Lipinski definition) is 7. The lowest BCUT2D eigenvalue weighted by Gasteiger charge is -2.30. The van der Waals surface area contributed by atoms with Crippen LogP contribution in [0.15, 0.2) is 60.8 Å². The molecule has 0 heterocycles. The van der Waals surface area contributed by atoms with E-state index in [4.69, 9.17) is 13.8 Å². The number of hydrogen-bond donors (Lipinski definition) is 1. The van der Waals surface area contributed by atoms with E-state index in [9.17, 15) is 19.0 Å². The highest BCUT2D eigenvalue weighted by Crippen LogP contribution is 2.38. The van der Waals surface area contributed by atoms with E-state index in [1.165, 1.54) is 231 Å². The van der Waals surface area contributed by atoms with Crippen LogP contribution in [-0.4, -0.2) is 69.4 Å². The maximum absolute atomic E-state index is 13.5. The van der Waals surface area contributed by atoms with Crippen molar-refractivity contribution in [3.8, 4) is 0 Å². The molecular weight excluding hydrogens is 1040 g/mol. The van der Waals surface area contributed by atoms with Gasteiger partial charge in [-0.05, 0) is 70.3 Å². The average Bonchev–Trinajstić information content (AvgIpc) is 3.44. The Bertz CT molecular complexity index is 1590. The second kappa shape index (κ2) is 61.8. The van der Waals surface area contributed by atoms with E-state index in [0.29, 0.717) is 17.4 Å². The molecule has 9 nitrogen and oxygen atoms in total. The monoisotopic (exact) mass is 1170 g/mol. The molecule has 0 aliphatic carbocycles. The molecule has 0 aromatic heterocycles. The Hall–Kier alpha value is -2.29. The van der Waals surface area contributed by atoms with E-state index >= 15 is 0 Å². The van der Waals surface area contributed by atoms with Gasteiger partial charge in [0.05, 0.1) is 33.8 Å². The van der Waals surface area contributed by atoms with Crippen LogP contribution in [0, 0.1) is 0 Å². The Morgan fingerprint density at radius 1 is 0.427 bits per heavy atom. The quantitative estimate of drug-likeness (QED) is 0.0212. The summed E-state index contributed by atoms with van der Waals surface area (Å²) in [6, 6.07) is -0.917. The number of phosphoric ester groups is 1. The first-order valence-corrected chi connectivity index (χ1v) is 36.6. The number of amides is 1. The molecule has 1 N–H and O–H groups in total. The van der Waals surface area contributed by atoms with Gasteiger partial charge in [-0.3, -0.25) is 14.2 Å². The van der Waals surface area contributed by atoms with Crippen molar-refractivity contribution >= 4 is 19.7 Å². The van der Waals surface area contributed by atoms with E-state index in [1.54, 1.807) is 0 Å². The normalized spacial score (nSPS) is 13.9. The first-order chi connectivity index (χ1) is 39.9. The average molecular weight is 1170 g/mol. The summed E-state index contributed by atoms with van der Waals surface area (Å²) >= 11 is 0. The summed E-state index contributed by atoms with van der Waals surface area (Å²) in [5.74, 6) is -0.594. The van der Waals surface area contributed by atoms with Crippen molar-refractivity contribution in [2.24, 2.45) is 0 Å². The van der Waals surface area contributed by atoms with E-state index in [2.05, 4.69) is 74.7 Å². The lowest BCUT2D eigenvalue weighted by Crippen LogP contribution is -2.47. The second-order valence-electron chi connectivity index (χ2n) is 25.0. The third-order valence-corrected chi connectivity index (χ3v) is 16.7. The van der Waals surface area contributed by atoms with Gasteiger partial charge in [0, 0.05) is 12.8 Å². The largest absolute Gasteiger partial charge is 0.756 e. The van der Waals surface area contributed by atoms with Crippen LogP contribution < -0.4 is 10.2 Å². The summed E-state index contributed by atoms with van der Waals surface area (Å²) in [5.41, 5.74) is 0. The van der Waals surface area contributed by atoms with Crippen molar-refractivity contribution in [1.29, 1.82) is 0 Å². The number of allylic oxidation sites excluding steroid dienone is 9. The third kappa shape index (κ3) is 62.2. The number of esters is 1. The lowest BCUT2D eigenvalue weighted by atomic mass is 10.0. The molecule has 0 bridgehead atoms. The van der Waals surface area contributed by atoms with Crippen LogP contribution in [0.1, 0.15) is 335 Å². The minimum absolute atomic E-state index is 0.0321. The third-order valence-electron chi connectivity index (χ3n) is 15.7. The van der Waals surface area contributed by atoms with Gasteiger partial charge >= 0.3 is 5.97 Å². The molecule has 0 spiro atoms. The molecule has 3 atom stereocenters. The van der Waals surface area contributed by atoms with Gasteiger partial charge in [-0.15, -0.1) is 0 Å². The Balaban J connectivity index is 5.05. The van der Waals surface area contributed by atoms with Gasteiger partial charge in [-0.2, -0.15) is 0 Å². The van der Waals surface area contributed by atoms with Crippen molar-refractivity contribution in [3.05, 3.63) is 60.8 Å². The topological polar surface area (TPSA) is 114 Å². The number of phosphoric acid groups is 1. The first-order valence-electron chi connectivity index (χ1n) is 35.1. The maximum atomic E-state index is 13.5. The van der Waals surface area contributed by atoms with Crippen molar-refractivity contribution in [2.45, 2.75) is 348 Å². The van der Waals surface area contributed by atoms with Crippen LogP contribution in [0.5, 0.6) is 0 Å². The summed E-state index contributed by atoms with van der Waals surface area (Å²) in [6.45, 7) is 6.81. The minimum atomic E-state index is -4.72. The molecule has 0 saturated heterocycles. The number of carbonyl (C=O) groups excluding carboxylic acids is 2. The fourth-order valence-corrected chi connectivity index (χ4v) is 11.0. The number of carbonyl (C=O) groups is 2. The van der Waals surface area contributed by atoms with Gasteiger partial charge in [-0.25, -0.2) is 0 Å². The van der Waals surface area contributed by atoms with Gasteiger partial charge in [0.2, 0.25) is 5.91 Å². The number of unbranched alkanes of at least 4 members (excludes halogenated alkanes) is 40. The molecule has 0 aromatic rings. The molecule has 0 aromatic carbocycles. The summed E-state index contributed by atoms with van der Waals surface area (Å²) < 4.78 is 30.4. The fourth-order valence-electron chi connectivity index (χ4n) is 10.3. The molecule has 0 saturated carbocycles. The van der Waals surface area contributed by atoms with Gasteiger partial charge < -0.3 is 28.5 Å². The van der Waals surface area contributed by atoms with Gasteiger partial charge in [-0.1, -0.05) is 313 Å². The standard InChI is InChI=1S/C72H135N2O7P/c1-7-10-13-16-19-22-25-28-30-32-33-34-35-36-37-38-39-40-41-43-45-47-50-53-56-59-62-65-72(76)81-70(63-60-57-54-51-48-27-24-21-18-15-12-9-3)69(68-80-82(77,78)79-67-66-74(4,5)6)73-71(75)64-61-58-55-52-49-46-44-42-31-29-26-23-20-17-14-11-8-2/h20,23,29,31,44,46,52,55,60,63,69-70H,7-19,21-22,24-28,30,32-43,45,47-51,53-54,56-59,61-62,64-68H2,1-6H3,(H-,73,75,77,78)/b23-20-,31-29-,46-44-,55-52-,63-60-. The molecule has 0 rings (SSSR count). The van der Waals surface area contributed by atoms with E-state index in [0.717, 1.165) is 64.2 Å². The fraction of sp³-hybridized carbons (Fsp3) is 0.833. The summed E-state index contributed by atoms with van der Waals surface area (Å²) in [5, 5.41) is 3.00. The van der Waals surface area contributed by atoms with E-state index < -0.39 is 26.6 Å². The van der Waals surface area contributed by atoms with Crippen LogP contribution in [0.25, 0.3) is 0 Å². The lowest BCUT2D eigenvalue weighted by molar-refractivity contribution is -0.870. The van der Waals surface area contributed by atoms with Crippen LogP contribution in [0.4, 0.5) is 0 Å². The van der Waals surface area contributed by atoms with Crippen LogP contribution in [-0.2, 0) is 27.9 Å². The molecule has 0 aliphatic rings. The second-order valence-corrected chi connectivity index (χ2v) is 26.5. The molecule has 82 heavy (non-hydrogen) atoms. The Labute approximate surface area is 509 Å². The summed E-state index contributed by atoms with van der Waals surface area (Å²) in [6.07, 6.45) is 79.4. The van der Waals surface area contributed by atoms with Crippen molar-refractivity contribution in [2.75, 3.05) is 40.9 Å². The van der Waals surface area contributed by atoms with E-state index in [1.807, 2.05) is 33.3 Å². The van der Waals surface area contributed by atoms with Crippen LogP contribution in [0.2, 0.25) is 0 Å². The zero-order valence-corrected chi connectivity index (χ0v) is 55.8. The predicted octanol–water partition coefficient (Wildman–Crippen LogP) is 21.5. The number of ether oxygens (including phenoxy) is 1. The Kier molecular flexibility index (Phi) is 60.1. The van der Waals surface area contributed by atoms with Gasteiger partial charge in [0.25, 0.3) is 7.82 Å². The molecule has 1 amide bonds. The van der Waals surface area contributed by atoms with Gasteiger partial charge in [0.1, 0.15) is 19.3 Å². The Morgan fingerprint density at radius 2 is 0.756 bits per heavy atom. The highest BCUT2D eigenvalue weighted by atomic mass is 31.2. The smallest absolute Gasteiger partial charge is 0.306 e. The highest BCUT2D eigenvalue weighted by Gasteiger charge is 2.27. The number of rotatable bonds is 64. The van der Waals surface area contributed by atoms with Crippen molar-refractivity contribution in [3.63, 3.8) is 0 Å². The van der Waals surface area contributed by atoms with Crippen molar-refractivity contribution in [1.82, 2.24) is 5.32 Å². The summed E-state index contributed by atoms with van der Waals surface area (Å²) in [4.78, 5) is 40.1. The molecule has 10 heteroatoms. The first kappa shape index (κ1) is 79.7. The molecule has 0 fully saturated rings. The molecule has 3 unspecified atom stereocenters. The number of nitrogens with one attached hydrogen (secondary N) is 1. The summed E-state index contributed by atoms with van der Waals surface area (Å²) in [7, 11) is 1.16. The SMILES string of the molecule is CCCCC/C=C\C/C=C\C/C=C\C/C=C\CCCC(=O)NC(COP(=O)([O-])OCC[N+](C)(C)C)C(/C=C\CCCCCCCCCCCC)OC(=O)CCCCCCCCCCCCCCCCCCCCCCCCCCCCC. The zero-order valence-electron chi connectivity index (χ0n) is 54.9. The molecule has 0 aliphatic heterocycles. The van der Waals surface area contributed by atoms with Crippen LogP contribution in [0.3, 0.4) is 0 Å². The number of nitrogens with zero attached hydrogens (tertiary/aromatic N) is 1. The number of quaternary nitrogens is 1. The number of likely N-dealkylation sites (N-methyl/N-ethyl adjacent to an activating group) is 1. The van der Waals surface area contributed by atoms with Crippen molar-refractivity contribution < 1.29 is 37.3 Å². The highest BCUT2D eigenvalue weighted by molar-refractivity contribution is 7.45. The molecule has 0 radical (unpaired) electrons. The predicted molar refractivity (Wildman–Crippen MR) is 353 cm³/mol. The van der Waals surface area contributed by atoms with Gasteiger partial charge in [0.15, 0.2) is 0 Å². The minimum Gasteiger partial charge on any atom is -0.756 e. The Morgan fingerprint density at radius 3 is 1.16 bits per heavy atom. The maximum Gasteiger partial charge on any atom is 0.306 e. The van der Waals surface area contributed by atoms with Crippen LogP contribution >= 0.6 is 7.82 Å². The zero-order chi connectivity index (χ0) is 60.0.